The van der Waals surface area contributed by atoms with Crippen LogP contribution in [0.2, 0.25) is 0 Å². The summed E-state index contributed by atoms with van der Waals surface area (Å²) in [4.78, 5) is 15.0. The number of rotatable bonds is 4. The van der Waals surface area contributed by atoms with Crippen LogP contribution in [-0.2, 0) is 6.42 Å². The maximum absolute atomic E-state index is 5.52. The molecule has 0 saturated heterocycles. The van der Waals surface area contributed by atoms with E-state index in [0.29, 0.717) is 11.8 Å². The second-order valence-electron chi connectivity index (χ2n) is 3.06. The predicted molar refractivity (Wildman–Crippen MR) is 57.2 cm³/mol. The molecule has 0 bridgehead atoms. The molecule has 6 heteroatoms. The number of anilines is 2. The van der Waals surface area contributed by atoms with Gasteiger partial charge in [-0.15, -0.1) is 0 Å². The Morgan fingerprint density at radius 1 is 1.47 bits per heavy atom. The molecule has 0 atom stereocenters. The molecule has 78 valence electrons. The predicted octanol–water partition coefficient (Wildman–Crippen LogP) is 0.436. The average molecular weight is 204 g/mol. The Bertz CT molecular complexity index is 410. The molecule has 0 unspecified atom stereocenters. The number of aromatic amines is 1. The van der Waals surface area contributed by atoms with Crippen molar-refractivity contribution in [1.82, 2.24) is 19.9 Å². The van der Waals surface area contributed by atoms with Crippen LogP contribution in [0.3, 0.4) is 0 Å². The molecule has 2 aromatic heterocycles. The summed E-state index contributed by atoms with van der Waals surface area (Å²) in [6.07, 6.45) is 5.92. The maximum atomic E-state index is 5.52. The van der Waals surface area contributed by atoms with Crippen molar-refractivity contribution in [3.63, 3.8) is 0 Å². The van der Waals surface area contributed by atoms with E-state index in [-0.39, 0.29) is 0 Å². The first-order valence-electron chi connectivity index (χ1n) is 4.64. The quantitative estimate of drug-likeness (QED) is 0.671. The summed E-state index contributed by atoms with van der Waals surface area (Å²) in [6.45, 7) is 0.742. The van der Waals surface area contributed by atoms with Gasteiger partial charge in [0.2, 0.25) is 5.95 Å². The van der Waals surface area contributed by atoms with Crippen LogP contribution in [0.5, 0.6) is 0 Å². The summed E-state index contributed by atoms with van der Waals surface area (Å²) in [5.41, 5.74) is 6.59. The number of hydrogen-bond acceptors (Lipinski definition) is 5. The fourth-order valence-electron chi connectivity index (χ4n) is 1.19. The van der Waals surface area contributed by atoms with Gasteiger partial charge in [-0.05, 0) is 6.07 Å². The zero-order valence-electron chi connectivity index (χ0n) is 8.14. The van der Waals surface area contributed by atoms with Gasteiger partial charge in [0, 0.05) is 31.1 Å². The molecule has 0 aromatic carbocycles. The third kappa shape index (κ3) is 2.67. The molecule has 4 N–H and O–H groups in total. The maximum Gasteiger partial charge on any atom is 0.224 e. The fourth-order valence-corrected chi connectivity index (χ4v) is 1.19. The smallest absolute Gasteiger partial charge is 0.224 e. The highest BCUT2D eigenvalue weighted by Crippen LogP contribution is 2.01. The van der Waals surface area contributed by atoms with Crippen LogP contribution in [0.1, 0.15) is 5.69 Å². The molecule has 0 saturated carbocycles. The van der Waals surface area contributed by atoms with Crippen LogP contribution in [0, 0.1) is 0 Å². The van der Waals surface area contributed by atoms with Crippen molar-refractivity contribution in [2.45, 2.75) is 6.42 Å². The zero-order valence-corrected chi connectivity index (χ0v) is 8.14. The van der Waals surface area contributed by atoms with E-state index in [1.807, 2.05) is 0 Å². The summed E-state index contributed by atoms with van der Waals surface area (Å²) in [6, 6.07) is 1.65. The van der Waals surface area contributed by atoms with E-state index >= 15 is 0 Å². The molecule has 0 radical (unpaired) electrons. The van der Waals surface area contributed by atoms with Gasteiger partial charge in [-0.1, -0.05) is 0 Å². The molecule has 0 fully saturated rings. The average Bonchev–Trinajstić information content (AvgIpc) is 2.71. The monoisotopic (exact) mass is 204 g/mol. The van der Waals surface area contributed by atoms with Crippen molar-refractivity contribution in [3.05, 3.63) is 30.5 Å². The van der Waals surface area contributed by atoms with Gasteiger partial charge in [0.25, 0.3) is 0 Å². The summed E-state index contributed by atoms with van der Waals surface area (Å²) in [7, 11) is 0. The van der Waals surface area contributed by atoms with E-state index in [1.54, 1.807) is 24.8 Å². The molecule has 2 rings (SSSR count). The first-order valence-corrected chi connectivity index (χ1v) is 4.64. The van der Waals surface area contributed by atoms with Crippen molar-refractivity contribution in [2.24, 2.45) is 0 Å². The summed E-state index contributed by atoms with van der Waals surface area (Å²) >= 11 is 0. The van der Waals surface area contributed by atoms with Crippen molar-refractivity contribution >= 4 is 11.8 Å². The van der Waals surface area contributed by atoms with E-state index < -0.39 is 0 Å². The molecule has 0 spiro atoms. The molecule has 0 aliphatic rings. The van der Waals surface area contributed by atoms with Crippen molar-refractivity contribution in [2.75, 3.05) is 17.6 Å². The fraction of sp³-hybridized carbons (Fsp3) is 0.222. The molecule has 2 heterocycles. The standard InChI is InChI=1S/C9H12N6/c10-8-2-4-13-9(15-8)12-3-1-7-5-11-6-14-7/h2,4-6H,1,3H2,(H,11,14)(H3,10,12,13,15). The zero-order chi connectivity index (χ0) is 10.5. The van der Waals surface area contributed by atoms with Crippen LogP contribution in [0.15, 0.2) is 24.8 Å². The Morgan fingerprint density at radius 3 is 3.13 bits per heavy atom. The second-order valence-corrected chi connectivity index (χ2v) is 3.06. The molecule has 2 aromatic rings. The number of nitrogen functional groups attached to an aromatic ring is 1. The number of nitrogens with zero attached hydrogens (tertiary/aromatic N) is 3. The third-order valence-corrected chi connectivity index (χ3v) is 1.91. The van der Waals surface area contributed by atoms with Gasteiger partial charge in [-0.3, -0.25) is 0 Å². The van der Waals surface area contributed by atoms with E-state index in [9.17, 15) is 0 Å². The number of H-pyrrole nitrogens is 1. The van der Waals surface area contributed by atoms with Crippen molar-refractivity contribution in [1.29, 1.82) is 0 Å². The number of nitrogens with two attached hydrogens (primary N) is 1. The van der Waals surface area contributed by atoms with E-state index in [4.69, 9.17) is 5.73 Å². The van der Waals surface area contributed by atoms with Crippen molar-refractivity contribution in [3.8, 4) is 0 Å². The van der Waals surface area contributed by atoms with Gasteiger partial charge < -0.3 is 16.0 Å². The van der Waals surface area contributed by atoms with E-state index in [1.165, 1.54) is 0 Å². The van der Waals surface area contributed by atoms with Crippen LogP contribution in [0.25, 0.3) is 0 Å². The van der Waals surface area contributed by atoms with Gasteiger partial charge in [0.05, 0.1) is 6.33 Å². The van der Waals surface area contributed by atoms with Gasteiger partial charge in [-0.25, -0.2) is 9.97 Å². The molecule has 15 heavy (non-hydrogen) atoms. The summed E-state index contributed by atoms with van der Waals surface area (Å²) in [5.74, 6) is 1.02. The van der Waals surface area contributed by atoms with E-state index in [0.717, 1.165) is 18.7 Å². The van der Waals surface area contributed by atoms with Crippen molar-refractivity contribution < 1.29 is 0 Å². The number of hydrogen-bond donors (Lipinski definition) is 3. The highest BCUT2D eigenvalue weighted by Gasteiger charge is 1.97. The second kappa shape index (κ2) is 4.41. The lowest BCUT2D eigenvalue weighted by molar-refractivity contribution is 0.954. The lowest BCUT2D eigenvalue weighted by Crippen LogP contribution is -2.08. The van der Waals surface area contributed by atoms with Gasteiger partial charge in [0.1, 0.15) is 5.82 Å². The lowest BCUT2D eigenvalue weighted by Gasteiger charge is -2.03. The molecule has 0 amide bonds. The Morgan fingerprint density at radius 2 is 2.40 bits per heavy atom. The Hall–Kier alpha value is -2.11. The van der Waals surface area contributed by atoms with Gasteiger partial charge in [-0.2, -0.15) is 4.98 Å². The minimum atomic E-state index is 0.467. The van der Waals surface area contributed by atoms with Gasteiger partial charge in [0.15, 0.2) is 0 Å². The minimum absolute atomic E-state index is 0.467. The normalized spacial score (nSPS) is 10.1. The minimum Gasteiger partial charge on any atom is -0.384 e. The van der Waals surface area contributed by atoms with Crippen LogP contribution in [0.4, 0.5) is 11.8 Å². The Kier molecular flexibility index (Phi) is 2.77. The molecular weight excluding hydrogens is 192 g/mol. The largest absolute Gasteiger partial charge is 0.384 e. The van der Waals surface area contributed by atoms with Gasteiger partial charge >= 0.3 is 0 Å². The summed E-state index contributed by atoms with van der Waals surface area (Å²) in [5, 5.41) is 3.07. The molecular formula is C9H12N6. The number of nitrogens with one attached hydrogen (secondary N) is 2. The Labute approximate surface area is 87.0 Å². The highest BCUT2D eigenvalue weighted by molar-refractivity contribution is 5.34. The topological polar surface area (TPSA) is 92.5 Å². The third-order valence-electron chi connectivity index (χ3n) is 1.91. The summed E-state index contributed by atoms with van der Waals surface area (Å²) < 4.78 is 0. The lowest BCUT2D eigenvalue weighted by atomic mass is 10.3. The molecule has 6 nitrogen and oxygen atoms in total. The Balaban J connectivity index is 1.83. The SMILES string of the molecule is Nc1ccnc(NCCc2cnc[nH]2)n1. The van der Waals surface area contributed by atoms with Crippen LogP contribution >= 0.6 is 0 Å². The number of imidazole rings is 1. The number of aromatic nitrogens is 4. The van der Waals surface area contributed by atoms with E-state index in [2.05, 4.69) is 25.3 Å². The first-order chi connectivity index (χ1) is 7.34. The molecule has 0 aliphatic carbocycles. The van der Waals surface area contributed by atoms with Crippen LogP contribution < -0.4 is 11.1 Å². The first kappa shape index (κ1) is 9.45. The van der Waals surface area contributed by atoms with Crippen LogP contribution in [-0.4, -0.2) is 26.5 Å². The molecule has 0 aliphatic heterocycles. The highest BCUT2D eigenvalue weighted by atomic mass is 15.1.